The van der Waals surface area contributed by atoms with E-state index in [4.69, 9.17) is 0 Å². The molecule has 0 bridgehead atoms. The molecule has 0 aliphatic heterocycles. The van der Waals surface area contributed by atoms with Crippen molar-refractivity contribution in [2.24, 2.45) is 0 Å². The highest BCUT2D eigenvalue weighted by molar-refractivity contribution is 5.96. The van der Waals surface area contributed by atoms with Crippen molar-refractivity contribution in [1.29, 1.82) is 0 Å². The zero-order valence-electron chi connectivity index (χ0n) is 12.4. The van der Waals surface area contributed by atoms with E-state index in [2.05, 4.69) is 10.6 Å². The van der Waals surface area contributed by atoms with Gasteiger partial charge in [0.05, 0.1) is 12.1 Å². The number of nitrogens with one attached hydrogen (secondary N) is 2. The topological polar surface area (TPSA) is 78.4 Å². The summed E-state index contributed by atoms with van der Waals surface area (Å²) in [5.74, 6) is -1.38. The minimum Gasteiger partial charge on any atom is -0.388 e. The molecule has 0 unspecified atom stereocenters. The molecular formula is C16H21FN2O3. The number of aliphatic hydroxyl groups is 1. The zero-order valence-corrected chi connectivity index (χ0v) is 12.4. The van der Waals surface area contributed by atoms with Gasteiger partial charge >= 0.3 is 0 Å². The molecule has 0 radical (unpaired) electrons. The van der Waals surface area contributed by atoms with Crippen LogP contribution in [0.25, 0.3) is 0 Å². The number of benzene rings is 1. The van der Waals surface area contributed by atoms with Crippen LogP contribution in [-0.4, -0.2) is 35.6 Å². The van der Waals surface area contributed by atoms with Crippen molar-refractivity contribution < 1.29 is 19.1 Å². The Morgan fingerprint density at radius 1 is 1.18 bits per heavy atom. The molecule has 5 nitrogen and oxygen atoms in total. The molecule has 2 amide bonds. The molecule has 1 aliphatic carbocycles. The van der Waals surface area contributed by atoms with Crippen LogP contribution in [0.4, 0.5) is 4.39 Å². The molecule has 120 valence electrons. The van der Waals surface area contributed by atoms with Crippen LogP contribution in [0.1, 0.15) is 42.5 Å². The molecule has 1 aliphatic rings. The number of halogens is 1. The molecule has 1 aromatic rings. The third-order valence-corrected chi connectivity index (χ3v) is 3.90. The average molecular weight is 308 g/mol. The van der Waals surface area contributed by atoms with Gasteiger partial charge in [0.1, 0.15) is 5.82 Å². The number of carbonyl (C=O) groups is 2. The van der Waals surface area contributed by atoms with E-state index in [9.17, 15) is 19.1 Å². The Labute approximate surface area is 128 Å². The standard InChI is InChI=1S/C16H21FN2O3/c17-13-6-4-5-12(9-13)15(21)18-10-14(20)19-11-16(22)7-2-1-3-8-16/h4-6,9,22H,1-3,7-8,10-11H2,(H,18,21)(H,19,20). The van der Waals surface area contributed by atoms with Gasteiger partial charge in [-0.25, -0.2) is 4.39 Å². The summed E-state index contributed by atoms with van der Waals surface area (Å²) in [6, 6.07) is 5.26. The van der Waals surface area contributed by atoms with Gasteiger partial charge in [-0.3, -0.25) is 9.59 Å². The fraction of sp³-hybridized carbons (Fsp3) is 0.500. The van der Waals surface area contributed by atoms with Crippen molar-refractivity contribution in [2.45, 2.75) is 37.7 Å². The van der Waals surface area contributed by atoms with Gasteiger partial charge in [0, 0.05) is 12.1 Å². The molecule has 0 saturated heterocycles. The van der Waals surface area contributed by atoms with Crippen LogP contribution in [0.15, 0.2) is 24.3 Å². The molecule has 0 aromatic heterocycles. The molecule has 0 atom stereocenters. The van der Waals surface area contributed by atoms with E-state index in [-0.39, 0.29) is 24.6 Å². The van der Waals surface area contributed by atoms with Gasteiger partial charge in [-0.2, -0.15) is 0 Å². The summed E-state index contributed by atoms with van der Waals surface area (Å²) in [5.41, 5.74) is -0.667. The first-order valence-electron chi connectivity index (χ1n) is 7.51. The van der Waals surface area contributed by atoms with Gasteiger partial charge in [-0.1, -0.05) is 25.3 Å². The minimum absolute atomic E-state index is 0.165. The summed E-state index contributed by atoms with van der Waals surface area (Å²) in [6.07, 6.45) is 4.40. The SMILES string of the molecule is O=C(CNC(=O)c1cccc(F)c1)NCC1(O)CCCCC1. The Kier molecular flexibility index (Phi) is 5.49. The van der Waals surface area contributed by atoms with Crippen molar-refractivity contribution in [3.8, 4) is 0 Å². The van der Waals surface area contributed by atoms with E-state index in [1.54, 1.807) is 0 Å². The Hall–Kier alpha value is -1.95. The number of amides is 2. The second-order valence-electron chi connectivity index (χ2n) is 5.75. The summed E-state index contributed by atoms with van der Waals surface area (Å²) < 4.78 is 13.0. The Morgan fingerprint density at radius 2 is 1.91 bits per heavy atom. The van der Waals surface area contributed by atoms with E-state index in [1.807, 2.05) is 0 Å². The highest BCUT2D eigenvalue weighted by atomic mass is 19.1. The molecular weight excluding hydrogens is 287 g/mol. The molecule has 6 heteroatoms. The zero-order chi connectivity index (χ0) is 16.0. The van der Waals surface area contributed by atoms with Gasteiger partial charge in [0.25, 0.3) is 5.91 Å². The summed E-state index contributed by atoms with van der Waals surface area (Å²) >= 11 is 0. The van der Waals surface area contributed by atoms with Gasteiger partial charge in [0.2, 0.25) is 5.91 Å². The van der Waals surface area contributed by atoms with Crippen LogP contribution in [0, 0.1) is 5.82 Å². The van der Waals surface area contributed by atoms with E-state index in [0.717, 1.165) is 25.3 Å². The number of hydrogen-bond acceptors (Lipinski definition) is 3. The maximum Gasteiger partial charge on any atom is 0.251 e. The van der Waals surface area contributed by atoms with E-state index in [1.165, 1.54) is 18.2 Å². The summed E-state index contributed by atoms with van der Waals surface area (Å²) in [7, 11) is 0. The fourth-order valence-corrected chi connectivity index (χ4v) is 2.60. The third kappa shape index (κ3) is 4.80. The van der Waals surface area contributed by atoms with Crippen LogP contribution in [0.3, 0.4) is 0 Å². The van der Waals surface area contributed by atoms with Gasteiger partial charge in [-0.05, 0) is 31.0 Å². The lowest BCUT2D eigenvalue weighted by molar-refractivity contribution is -0.121. The summed E-state index contributed by atoms with van der Waals surface area (Å²) in [5, 5.41) is 15.3. The van der Waals surface area contributed by atoms with Gasteiger partial charge in [-0.15, -0.1) is 0 Å². The van der Waals surface area contributed by atoms with Crippen LogP contribution < -0.4 is 10.6 Å². The van der Waals surface area contributed by atoms with Gasteiger partial charge in [0.15, 0.2) is 0 Å². The summed E-state index contributed by atoms with van der Waals surface area (Å²) in [4.78, 5) is 23.5. The quantitative estimate of drug-likeness (QED) is 0.768. The molecule has 2 rings (SSSR count). The molecule has 3 N–H and O–H groups in total. The Balaban J connectivity index is 1.74. The lowest BCUT2D eigenvalue weighted by Crippen LogP contribution is -2.46. The second-order valence-corrected chi connectivity index (χ2v) is 5.75. The smallest absolute Gasteiger partial charge is 0.251 e. The van der Waals surface area contributed by atoms with Crippen LogP contribution in [-0.2, 0) is 4.79 Å². The first kappa shape index (κ1) is 16.4. The van der Waals surface area contributed by atoms with Crippen molar-refractivity contribution in [1.82, 2.24) is 10.6 Å². The second kappa shape index (κ2) is 7.35. The van der Waals surface area contributed by atoms with Crippen LogP contribution in [0.5, 0.6) is 0 Å². The van der Waals surface area contributed by atoms with E-state index < -0.39 is 17.3 Å². The maximum atomic E-state index is 13.0. The Bertz CT molecular complexity index is 542. The van der Waals surface area contributed by atoms with Crippen molar-refractivity contribution in [3.63, 3.8) is 0 Å². The van der Waals surface area contributed by atoms with E-state index >= 15 is 0 Å². The highest BCUT2D eigenvalue weighted by Crippen LogP contribution is 2.27. The van der Waals surface area contributed by atoms with Crippen molar-refractivity contribution >= 4 is 11.8 Å². The van der Waals surface area contributed by atoms with Crippen LogP contribution in [0.2, 0.25) is 0 Å². The molecule has 1 aromatic carbocycles. The lowest BCUT2D eigenvalue weighted by Gasteiger charge is -2.32. The van der Waals surface area contributed by atoms with Crippen LogP contribution >= 0.6 is 0 Å². The Morgan fingerprint density at radius 3 is 2.59 bits per heavy atom. The predicted octanol–water partition coefficient (Wildman–Crippen LogP) is 1.37. The van der Waals surface area contributed by atoms with Crippen molar-refractivity contribution in [2.75, 3.05) is 13.1 Å². The van der Waals surface area contributed by atoms with Crippen molar-refractivity contribution in [3.05, 3.63) is 35.6 Å². The summed E-state index contributed by atoms with van der Waals surface area (Å²) in [6.45, 7) is -0.00685. The minimum atomic E-state index is -0.833. The van der Waals surface area contributed by atoms with Gasteiger partial charge < -0.3 is 15.7 Å². The third-order valence-electron chi connectivity index (χ3n) is 3.90. The maximum absolute atomic E-state index is 13.0. The number of rotatable bonds is 5. The molecule has 22 heavy (non-hydrogen) atoms. The first-order chi connectivity index (χ1) is 10.5. The number of hydrogen-bond donors (Lipinski definition) is 3. The molecule has 0 spiro atoms. The normalized spacial score (nSPS) is 16.8. The number of carbonyl (C=O) groups excluding carboxylic acids is 2. The molecule has 0 heterocycles. The fourth-order valence-electron chi connectivity index (χ4n) is 2.60. The lowest BCUT2D eigenvalue weighted by atomic mass is 9.85. The molecule has 1 saturated carbocycles. The first-order valence-corrected chi connectivity index (χ1v) is 7.51. The highest BCUT2D eigenvalue weighted by Gasteiger charge is 2.29. The predicted molar refractivity (Wildman–Crippen MR) is 79.8 cm³/mol. The largest absolute Gasteiger partial charge is 0.388 e. The molecule has 1 fully saturated rings. The average Bonchev–Trinajstić information content (AvgIpc) is 2.51. The van der Waals surface area contributed by atoms with E-state index in [0.29, 0.717) is 12.8 Å². The monoisotopic (exact) mass is 308 g/mol.